The molecule has 0 unspecified atom stereocenters. The molecule has 0 bridgehead atoms. The molecule has 3 aromatic rings. The first-order valence-electron chi connectivity index (χ1n) is 9.30. The Morgan fingerprint density at radius 3 is 2.23 bits per heavy atom. The van der Waals surface area contributed by atoms with Crippen molar-refractivity contribution in [2.75, 3.05) is 31.1 Å². The number of nitrogens with zero attached hydrogens (tertiary/aromatic N) is 6. The predicted molar refractivity (Wildman–Crippen MR) is 106 cm³/mol. The summed E-state index contributed by atoms with van der Waals surface area (Å²) in [4.78, 5) is 14.6. The lowest BCUT2D eigenvalue weighted by Crippen LogP contribution is -2.49. The van der Waals surface area contributed by atoms with E-state index < -0.39 is 21.7 Å². The van der Waals surface area contributed by atoms with Gasteiger partial charge in [-0.05, 0) is 32.0 Å². The average molecular weight is 434 g/mol. The molecule has 1 aliphatic rings. The summed E-state index contributed by atoms with van der Waals surface area (Å²) in [6, 6.07) is 4.43. The first-order valence-corrected chi connectivity index (χ1v) is 10.7. The number of hydrogen-bond acceptors (Lipinski definition) is 6. The van der Waals surface area contributed by atoms with Gasteiger partial charge in [0.25, 0.3) is 0 Å². The van der Waals surface area contributed by atoms with E-state index in [2.05, 4.69) is 15.0 Å². The summed E-state index contributed by atoms with van der Waals surface area (Å²) in [6.07, 6.45) is 3.16. The predicted octanol–water partition coefficient (Wildman–Crippen LogP) is 2.07. The van der Waals surface area contributed by atoms with E-state index in [1.54, 1.807) is 6.33 Å². The van der Waals surface area contributed by atoms with E-state index in [-0.39, 0.29) is 18.0 Å². The topological polar surface area (TPSA) is 84.2 Å². The Bertz CT molecular complexity index is 1190. The lowest BCUT2D eigenvalue weighted by Gasteiger charge is -2.34. The van der Waals surface area contributed by atoms with Crippen LogP contribution in [0.3, 0.4) is 0 Å². The molecule has 30 heavy (non-hydrogen) atoms. The number of hydrogen-bond donors (Lipinski definition) is 0. The summed E-state index contributed by atoms with van der Waals surface area (Å²) >= 11 is 0. The molecular formula is C19H20F2N6O2S. The van der Waals surface area contributed by atoms with Crippen molar-refractivity contribution in [3.8, 4) is 5.82 Å². The number of aromatic nitrogens is 4. The highest BCUT2D eigenvalue weighted by atomic mass is 32.2. The van der Waals surface area contributed by atoms with Gasteiger partial charge in [-0.1, -0.05) is 0 Å². The Balaban J connectivity index is 1.50. The van der Waals surface area contributed by atoms with E-state index in [1.807, 2.05) is 29.4 Å². The van der Waals surface area contributed by atoms with Gasteiger partial charge in [-0.2, -0.15) is 4.31 Å². The molecule has 8 nitrogen and oxygen atoms in total. The van der Waals surface area contributed by atoms with Gasteiger partial charge in [-0.15, -0.1) is 0 Å². The molecule has 3 heterocycles. The number of piperazine rings is 1. The summed E-state index contributed by atoms with van der Waals surface area (Å²) in [5.74, 6) is -0.916. The molecule has 1 aromatic carbocycles. The van der Waals surface area contributed by atoms with E-state index in [4.69, 9.17) is 0 Å². The lowest BCUT2D eigenvalue weighted by atomic mass is 10.3. The van der Waals surface area contributed by atoms with Crippen molar-refractivity contribution in [3.05, 3.63) is 59.9 Å². The lowest BCUT2D eigenvalue weighted by molar-refractivity contribution is 0.383. The molecule has 4 rings (SSSR count). The number of rotatable bonds is 4. The number of aryl methyl sites for hydroxylation is 1. The van der Waals surface area contributed by atoms with Gasteiger partial charge in [0.2, 0.25) is 10.0 Å². The first kappa shape index (κ1) is 20.4. The summed E-state index contributed by atoms with van der Waals surface area (Å²) < 4.78 is 55.3. The van der Waals surface area contributed by atoms with Crippen molar-refractivity contribution in [2.45, 2.75) is 18.7 Å². The number of sulfonamides is 1. The zero-order chi connectivity index (χ0) is 21.5. The summed E-state index contributed by atoms with van der Waals surface area (Å²) in [5, 5.41) is 0. The van der Waals surface area contributed by atoms with Gasteiger partial charge in [0.1, 0.15) is 24.3 Å². The molecule has 158 valence electrons. The van der Waals surface area contributed by atoms with Crippen molar-refractivity contribution >= 4 is 15.8 Å². The SMILES string of the molecule is Cc1ncn(-c2cc(N3CCN(S(=O)(=O)c4ccc(F)c(F)c4)CC3)ncn2)c1C. The average Bonchev–Trinajstić information content (AvgIpc) is 3.08. The van der Waals surface area contributed by atoms with E-state index in [0.29, 0.717) is 30.8 Å². The molecule has 0 spiro atoms. The fourth-order valence-corrected chi connectivity index (χ4v) is 4.75. The third-order valence-corrected chi connectivity index (χ3v) is 7.12. The van der Waals surface area contributed by atoms with Crippen LogP contribution in [-0.4, -0.2) is 58.4 Å². The first-order chi connectivity index (χ1) is 14.3. The molecule has 11 heteroatoms. The van der Waals surface area contributed by atoms with Gasteiger partial charge < -0.3 is 4.90 Å². The molecule has 1 saturated heterocycles. The standard InChI is InChI=1S/C19H20F2N6O2S/c1-13-14(2)27(12-24-13)19-10-18(22-11-23-19)25-5-7-26(8-6-25)30(28,29)15-3-4-16(20)17(21)9-15/h3-4,9-12H,5-8H2,1-2H3. The maximum Gasteiger partial charge on any atom is 0.243 e. The van der Waals surface area contributed by atoms with Crippen LogP contribution in [0.25, 0.3) is 5.82 Å². The molecule has 0 amide bonds. The zero-order valence-electron chi connectivity index (χ0n) is 16.5. The fraction of sp³-hybridized carbons (Fsp3) is 0.316. The van der Waals surface area contributed by atoms with Crippen LogP contribution in [0.4, 0.5) is 14.6 Å². The Hall–Kier alpha value is -2.92. The third-order valence-electron chi connectivity index (χ3n) is 5.23. The van der Waals surface area contributed by atoms with Gasteiger partial charge in [0.15, 0.2) is 11.6 Å². The summed E-state index contributed by atoms with van der Waals surface area (Å²) in [5.41, 5.74) is 1.88. The Morgan fingerprint density at radius 1 is 0.900 bits per heavy atom. The maximum absolute atomic E-state index is 13.5. The van der Waals surface area contributed by atoms with Crippen LogP contribution >= 0.6 is 0 Å². The Morgan fingerprint density at radius 2 is 1.60 bits per heavy atom. The minimum Gasteiger partial charge on any atom is -0.354 e. The van der Waals surface area contributed by atoms with Crippen molar-refractivity contribution in [2.24, 2.45) is 0 Å². The smallest absolute Gasteiger partial charge is 0.243 e. The Kier molecular flexibility index (Phi) is 5.24. The molecule has 1 aliphatic heterocycles. The molecule has 1 fully saturated rings. The van der Waals surface area contributed by atoms with Gasteiger partial charge in [0, 0.05) is 37.9 Å². The third kappa shape index (κ3) is 3.65. The normalized spacial score (nSPS) is 15.5. The number of anilines is 1. The zero-order valence-corrected chi connectivity index (χ0v) is 17.3. The second kappa shape index (κ2) is 7.73. The summed E-state index contributed by atoms with van der Waals surface area (Å²) in [6.45, 7) is 5.07. The second-order valence-electron chi connectivity index (χ2n) is 6.99. The van der Waals surface area contributed by atoms with Gasteiger partial charge >= 0.3 is 0 Å². The minimum absolute atomic E-state index is 0.198. The number of imidazole rings is 1. The fourth-order valence-electron chi connectivity index (χ4n) is 3.32. The molecular weight excluding hydrogens is 414 g/mol. The van der Waals surface area contributed by atoms with Crippen molar-refractivity contribution in [1.29, 1.82) is 0 Å². The van der Waals surface area contributed by atoms with Crippen LogP contribution in [0, 0.1) is 25.5 Å². The van der Waals surface area contributed by atoms with Gasteiger partial charge in [0.05, 0.1) is 10.6 Å². The van der Waals surface area contributed by atoms with Gasteiger partial charge in [-0.3, -0.25) is 4.57 Å². The van der Waals surface area contributed by atoms with Crippen molar-refractivity contribution in [1.82, 2.24) is 23.8 Å². The quantitative estimate of drug-likeness (QED) is 0.625. The van der Waals surface area contributed by atoms with Crippen LogP contribution < -0.4 is 4.90 Å². The molecule has 0 N–H and O–H groups in total. The largest absolute Gasteiger partial charge is 0.354 e. The van der Waals surface area contributed by atoms with Crippen LogP contribution in [0.5, 0.6) is 0 Å². The van der Waals surface area contributed by atoms with Crippen molar-refractivity contribution < 1.29 is 17.2 Å². The molecule has 0 aliphatic carbocycles. The van der Waals surface area contributed by atoms with Crippen molar-refractivity contribution in [3.63, 3.8) is 0 Å². The number of benzene rings is 1. The minimum atomic E-state index is -3.91. The molecule has 0 atom stereocenters. The van der Waals surface area contributed by atoms with E-state index in [1.165, 1.54) is 10.6 Å². The van der Waals surface area contributed by atoms with E-state index >= 15 is 0 Å². The molecule has 0 saturated carbocycles. The van der Waals surface area contributed by atoms with Gasteiger partial charge in [-0.25, -0.2) is 32.2 Å². The van der Waals surface area contributed by atoms with E-state index in [9.17, 15) is 17.2 Å². The second-order valence-corrected chi connectivity index (χ2v) is 8.92. The van der Waals surface area contributed by atoms with E-state index in [0.717, 1.165) is 23.5 Å². The van der Waals surface area contributed by atoms with Crippen LogP contribution in [-0.2, 0) is 10.0 Å². The van der Waals surface area contributed by atoms with Crippen LogP contribution in [0.1, 0.15) is 11.4 Å². The monoisotopic (exact) mass is 434 g/mol. The Labute approximate surface area is 172 Å². The molecule has 0 radical (unpaired) electrons. The highest BCUT2D eigenvalue weighted by molar-refractivity contribution is 7.89. The maximum atomic E-state index is 13.5. The number of halogens is 2. The molecule has 2 aromatic heterocycles. The highest BCUT2D eigenvalue weighted by Gasteiger charge is 2.29. The highest BCUT2D eigenvalue weighted by Crippen LogP contribution is 2.22. The summed E-state index contributed by atoms with van der Waals surface area (Å²) in [7, 11) is -3.91. The van der Waals surface area contributed by atoms with Crippen LogP contribution in [0.15, 0.2) is 41.8 Å². The van der Waals surface area contributed by atoms with Crippen LogP contribution in [0.2, 0.25) is 0 Å².